The van der Waals surface area contributed by atoms with E-state index in [0.717, 1.165) is 83.1 Å². The van der Waals surface area contributed by atoms with Crippen LogP contribution in [-0.2, 0) is 0 Å². The minimum Gasteiger partial charge on any atom is -0.494 e. The average molecular weight is 479 g/mol. The van der Waals surface area contributed by atoms with Crippen LogP contribution in [0.15, 0.2) is 24.3 Å². The SMILES string of the molecule is CCCCOc1ccc(-c2nc(C)c3c(n2)sc2c(OCC)nc(N4CCNCC4)nc23)cc1. The number of hydrogen-bond acceptors (Lipinski definition) is 9. The van der Waals surface area contributed by atoms with Gasteiger partial charge in [-0.2, -0.15) is 4.98 Å². The van der Waals surface area contributed by atoms with Crippen molar-refractivity contribution < 1.29 is 9.47 Å². The maximum atomic E-state index is 5.94. The number of rotatable bonds is 8. The number of unbranched alkanes of at least 4 members (excludes halogenated alkanes) is 1. The molecule has 1 saturated heterocycles. The molecule has 0 amide bonds. The quantitative estimate of drug-likeness (QED) is 0.368. The van der Waals surface area contributed by atoms with Crippen LogP contribution < -0.4 is 19.7 Å². The highest BCUT2D eigenvalue weighted by Gasteiger charge is 2.22. The van der Waals surface area contributed by atoms with Gasteiger partial charge in [-0.15, -0.1) is 11.3 Å². The molecule has 178 valence electrons. The molecule has 9 heteroatoms. The van der Waals surface area contributed by atoms with Crippen molar-refractivity contribution >= 4 is 37.7 Å². The van der Waals surface area contributed by atoms with E-state index in [0.29, 0.717) is 24.3 Å². The highest BCUT2D eigenvalue weighted by atomic mass is 32.1. The Morgan fingerprint density at radius 1 is 1.00 bits per heavy atom. The maximum Gasteiger partial charge on any atom is 0.236 e. The molecule has 4 aromatic rings. The first-order chi connectivity index (χ1) is 16.7. The van der Waals surface area contributed by atoms with Crippen molar-refractivity contribution in [2.45, 2.75) is 33.6 Å². The Balaban J connectivity index is 1.55. The molecule has 0 bridgehead atoms. The van der Waals surface area contributed by atoms with Crippen molar-refractivity contribution in [3.63, 3.8) is 0 Å². The zero-order valence-corrected chi connectivity index (χ0v) is 20.7. The van der Waals surface area contributed by atoms with Crippen molar-refractivity contribution in [1.82, 2.24) is 25.3 Å². The Morgan fingerprint density at radius 3 is 2.53 bits per heavy atom. The minimum absolute atomic E-state index is 0.546. The molecule has 8 nitrogen and oxygen atoms in total. The van der Waals surface area contributed by atoms with E-state index in [4.69, 9.17) is 29.4 Å². The van der Waals surface area contributed by atoms with Gasteiger partial charge < -0.3 is 19.7 Å². The number of thiophene rings is 1. The summed E-state index contributed by atoms with van der Waals surface area (Å²) >= 11 is 1.57. The van der Waals surface area contributed by atoms with Crippen molar-refractivity contribution in [3.8, 4) is 23.0 Å². The lowest BCUT2D eigenvalue weighted by Gasteiger charge is -2.27. The number of piperazine rings is 1. The van der Waals surface area contributed by atoms with E-state index < -0.39 is 0 Å². The van der Waals surface area contributed by atoms with Gasteiger partial charge in [-0.05, 0) is 44.5 Å². The fourth-order valence-corrected chi connectivity index (χ4v) is 5.18. The molecule has 0 aliphatic carbocycles. The van der Waals surface area contributed by atoms with Crippen molar-refractivity contribution in [2.24, 2.45) is 0 Å². The van der Waals surface area contributed by atoms with Crippen LogP contribution in [0.2, 0.25) is 0 Å². The summed E-state index contributed by atoms with van der Waals surface area (Å²) in [7, 11) is 0. The van der Waals surface area contributed by atoms with Crippen LogP contribution in [0.4, 0.5) is 5.95 Å². The standard InChI is InChI=1S/C25H30N6O2S/c1-4-6-15-33-18-9-7-17(8-10-18)22-27-16(3)19-20-21(34-24(19)29-22)23(32-5-2)30-25(28-20)31-13-11-26-12-14-31/h7-10,26H,4-6,11-15H2,1-3H3. The second-order valence-corrected chi connectivity index (χ2v) is 9.32. The monoisotopic (exact) mass is 478 g/mol. The van der Waals surface area contributed by atoms with E-state index in [9.17, 15) is 0 Å². The third-order valence-corrected chi connectivity index (χ3v) is 6.94. The number of nitrogens with one attached hydrogen (secondary N) is 1. The van der Waals surface area contributed by atoms with Gasteiger partial charge in [0.25, 0.3) is 0 Å². The van der Waals surface area contributed by atoms with E-state index in [1.54, 1.807) is 11.3 Å². The number of nitrogens with zero attached hydrogens (tertiary/aromatic N) is 5. The molecule has 1 N–H and O–H groups in total. The summed E-state index contributed by atoms with van der Waals surface area (Å²) in [6.45, 7) is 11.0. The number of aromatic nitrogens is 4. The van der Waals surface area contributed by atoms with Gasteiger partial charge >= 0.3 is 0 Å². The van der Waals surface area contributed by atoms with Crippen LogP contribution in [0.25, 0.3) is 31.8 Å². The highest BCUT2D eigenvalue weighted by molar-refractivity contribution is 7.25. The number of ether oxygens (including phenoxy) is 2. The van der Waals surface area contributed by atoms with Gasteiger partial charge in [-0.1, -0.05) is 13.3 Å². The molecule has 0 saturated carbocycles. The van der Waals surface area contributed by atoms with Gasteiger partial charge in [0.2, 0.25) is 11.8 Å². The number of benzene rings is 1. The van der Waals surface area contributed by atoms with Gasteiger partial charge in [0.05, 0.1) is 24.3 Å². The zero-order chi connectivity index (χ0) is 23.5. The number of fused-ring (bicyclic) bond motifs is 3. The van der Waals surface area contributed by atoms with Crippen molar-refractivity contribution in [2.75, 3.05) is 44.3 Å². The van der Waals surface area contributed by atoms with Gasteiger partial charge in [-0.3, -0.25) is 0 Å². The van der Waals surface area contributed by atoms with Crippen LogP contribution in [0, 0.1) is 6.92 Å². The third kappa shape index (κ3) is 4.50. The molecule has 0 spiro atoms. The number of hydrogen-bond donors (Lipinski definition) is 1. The first kappa shape index (κ1) is 22.7. The summed E-state index contributed by atoms with van der Waals surface area (Å²) in [6.07, 6.45) is 2.17. The van der Waals surface area contributed by atoms with Gasteiger partial charge in [0.15, 0.2) is 5.82 Å². The summed E-state index contributed by atoms with van der Waals surface area (Å²) in [5.74, 6) is 2.90. The van der Waals surface area contributed by atoms with E-state index in [1.165, 1.54) is 0 Å². The molecular weight excluding hydrogens is 448 g/mol. The van der Waals surface area contributed by atoms with E-state index in [2.05, 4.69) is 17.1 Å². The predicted octanol–water partition coefficient (Wildman–Crippen LogP) is 4.60. The summed E-state index contributed by atoms with van der Waals surface area (Å²) in [5.41, 5.74) is 2.74. The Labute approximate surface area is 203 Å². The van der Waals surface area contributed by atoms with Gasteiger partial charge in [-0.25, -0.2) is 15.0 Å². The first-order valence-electron chi connectivity index (χ1n) is 12.0. The molecule has 3 aromatic heterocycles. The van der Waals surface area contributed by atoms with Crippen LogP contribution >= 0.6 is 11.3 Å². The number of aryl methyl sites for hydroxylation is 1. The van der Waals surface area contributed by atoms with Crippen LogP contribution in [-0.4, -0.2) is 59.3 Å². The Bertz CT molecular complexity index is 1280. The molecule has 5 rings (SSSR count). The summed E-state index contributed by atoms with van der Waals surface area (Å²) in [4.78, 5) is 22.6. The Morgan fingerprint density at radius 2 is 1.79 bits per heavy atom. The Kier molecular flexibility index (Phi) is 6.73. The van der Waals surface area contributed by atoms with Crippen molar-refractivity contribution in [3.05, 3.63) is 30.0 Å². The molecule has 1 aromatic carbocycles. The lowest BCUT2D eigenvalue weighted by molar-refractivity contribution is 0.309. The summed E-state index contributed by atoms with van der Waals surface area (Å²) in [6, 6.07) is 8.00. The normalized spacial score (nSPS) is 14.1. The topological polar surface area (TPSA) is 85.3 Å². The lowest BCUT2D eigenvalue weighted by atomic mass is 10.2. The second-order valence-electron chi connectivity index (χ2n) is 8.32. The zero-order valence-electron chi connectivity index (χ0n) is 19.9. The third-order valence-electron chi connectivity index (χ3n) is 5.87. The molecule has 1 fully saturated rings. The predicted molar refractivity (Wildman–Crippen MR) is 137 cm³/mol. The minimum atomic E-state index is 0.546. The molecule has 0 radical (unpaired) electrons. The van der Waals surface area contributed by atoms with E-state index >= 15 is 0 Å². The fourth-order valence-electron chi connectivity index (χ4n) is 4.07. The fraction of sp³-hybridized carbons (Fsp3) is 0.440. The highest BCUT2D eigenvalue weighted by Crippen LogP contribution is 2.39. The summed E-state index contributed by atoms with van der Waals surface area (Å²) in [5, 5.41) is 4.35. The van der Waals surface area contributed by atoms with E-state index in [-0.39, 0.29) is 0 Å². The average Bonchev–Trinajstić information content (AvgIpc) is 3.25. The first-order valence-corrected chi connectivity index (χ1v) is 12.8. The molecule has 1 aliphatic heterocycles. The molecule has 0 unspecified atom stereocenters. The smallest absolute Gasteiger partial charge is 0.236 e. The molecular formula is C25H30N6O2S. The van der Waals surface area contributed by atoms with Crippen molar-refractivity contribution in [1.29, 1.82) is 0 Å². The molecule has 1 aliphatic rings. The van der Waals surface area contributed by atoms with Crippen LogP contribution in [0.5, 0.6) is 11.6 Å². The molecule has 0 atom stereocenters. The number of anilines is 1. The molecule has 4 heterocycles. The van der Waals surface area contributed by atoms with Gasteiger partial charge in [0.1, 0.15) is 20.8 Å². The lowest BCUT2D eigenvalue weighted by Crippen LogP contribution is -2.44. The van der Waals surface area contributed by atoms with Crippen LogP contribution in [0.1, 0.15) is 32.4 Å². The van der Waals surface area contributed by atoms with Crippen LogP contribution in [0.3, 0.4) is 0 Å². The second kappa shape index (κ2) is 10.1. The maximum absolute atomic E-state index is 5.94. The van der Waals surface area contributed by atoms with Gasteiger partial charge in [0, 0.05) is 31.7 Å². The Hall–Kier alpha value is -3.04. The molecule has 34 heavy (non-hydrogen) atoms. The largest absolute Gasteiger partial charge is 0.494 e. The van der Waals surface area contributed by atoms with E-state index in [1.807, 2.05) is 38.1 Å². The summed E-state index contributed by atoms with van der Waals surface area (Å²) < 4.78 is 12.7.